The minimum Gasteiger partial charge on any atom is -0.343 e. The van der Waals surface area contributed by atoms with Gasteiger partial charge < -0.3 is 15.1 Å². The molecule has 1 aliphatic rings. The van der Waals surface area contributed by atoms with Crippen molar-refractivity contribution in [1.82, 2.24) is 30.1 Å². The standard InChI is InChI=1S/C18H22F2N6O2/c1-24(2)17(27)16-11-25(23-22-16)10-15-7-14(20)9-26(15)18(28)21-8-12-3-5-13(19)6-4-12/h3-6,11,14-15H,7-10H2,1-2H3,(H,21,28)/t14-,15-/m0/s1. The van der Waals surface area contributed by atoms with Gasteiger partial charge in [0.1, 0.15) is 12.0 Å². The van der Waals surface area contributed by atoms with Gasteiger partial charge in [-0.25, -0.2) is 18.3 Å². The normalized spacial score (nSPS) is 18.9. The maximum atomic E-state index is 14.0. The highest BCUT2D eigenvalue weighted by Crippen LogP contribution is 2.22. The van der Waals surface area contributed by atoms with Crippen LogP contribution in [0.1, 0.15) is 22.5 Å². The van der Waals surface area contributed by atoms with Crippen LogP contribution in [-0.4, -0.2) is 69.6 Å². The van der Waals surface area contributed by atoms with Crippen LogP contribution in [0.5, 0.6) is 0 Å². The first-order chi connectivity index (χ1) is 13.3. The molecule has 10 heteroatoms. The van der Waals surface area contributed by atoms with Crippen molar-refractivity contribution in [3.05, 3.63) is 47.5 Å². The van der Waals surface area contributed by atoms with Gasteiger partial charge in [0.05, 0.1) is 25.3 Å². The van der Waals surface area contributed by atoms with Crippen molar-refractivity contribution in [1.29, 1.82) is 0 Å². The van der Waals surface area contributed by atoms with Crippen molar-refractivity contribution in [2.75, 3.05) is 20.6 Å². The van der Waals surface area contributed by atoms with Crippen LogP contribution in [0.25, 0.3) is 0 Å². The minimum atomic E-state index is -1.13. The number of likely N-dealkylation sites (tertiary alicyclic amines) is 1. The van der Waals surface area contributed by atoms with Crippen molar-refractivity contribution in [3.63, 3.8) is 0 Å². The molecule has 1 fully saturated rings. The maximum Gasteiger partial charge on any atom is 0.318 e. The number of halogens is 2. The van der Waals surface area contributed by atoms with Crippen LogP contribution in [0, 0.1) is 5.82 Å². The number of carbonyl (C=O) groups is 2. The van der Waals surface area contributed by atoms with E-state index in [-0.39, 0.29) is 43.5 Å². The van der Waals surface area contributed by atoms with Gasteiger partial charge in [-0.15, -0.1) is 5.10 Å². The first-order valence-electron chi connectivity index (χ1n) is 8.88. The van der Waals surface area contributed by atoms with E-state index in [0.29, 0.717) is 0 Å². The lowest BCUT2D eigenvalue weighted by molar-refractivity contribution is 0.0821. The molecule has 1 aromatic carbocycles. The van der Waals surface area contributed by atoms with Crippen LogP contribution in [0.3, 0.4) is 0 Å². The number of hydrogen-bond acceptors (Lipinski definition) is 4. The molecule has 0 unspecified atom stereocenters. The monoisotopic (exact) mass is 392 g/mol. The van der Waals surface area contributed by atoms with Crippen LogP contribution in [0.15, 0.2) is 30.5 Å². The third kappa shape index (κ3) is 4.62. The molecular weight excluding hydrogens is 370 g/mol. The summed E-state index contributed by atoms with van der Waals surface area (Å²) in [4.78, 5) is 27.2. The maximum absolute atomic E-state index is 14.0. The van der Waals surface area contributed by atoms with E-state index in [2.05, 4.69) is 15.6 Å². The zero-order valence-electron chi connectivity index (χ0n) is 15.7. The zero-order chi connectivity index (χ0) is 20.3. The summed E-state index contributed by atoms with van der Waals surface area (Å²) < 4.78 is 28.4. The van der Waals surface area contributed by atoms with Crippen LogP contribution >= 0.6 is 0 Å². The minimum absolute atomic E-state index is 0.0158. The predicted molar refractivity (Wildman–Crippen MR) is 96.7 cm³/mol. The average Bonchev–Trinajstić information content (AvgIpc) is 3.27. The number of nitrogens with one attached hydrogen (secondary N) is 1. The third-order valence-electron chi connectivity index (χ3n) is 4.54. The Balaban J connectivity index is 1.61. The van der Waals surface area contributed by atoms with E-state index in [1.807, 2.05) is 0 Å². The summed E-state index contributed by atoms with van der Waals surface area (Å²) in [6.45, 7) is 0.431. The van der Waals surface area contributed by atoms with Gasteiger partial charge in [0, 0.05) is 27.1 Å². The molecule has 0 spiro atoms. The lowest BCUT2D eigenvalue weighted by Crippen LogP contribution is -2.44. The summed E-state index contributed by atoms with van der Waals surface area (Å²) in [5.74, 6) is -0.634. The van der Waals surface area contributed by atoms with Gasteiger partial charge in [0.2, 0.25) is 0 Å². The molecule has 0 saturated carbocycles. The number of benzene rings is 1. The summed E-state index contributed by atoms with van der Waals surface area (Å²) in [5, 5.41) is 10.5. The fraction of sp³-hybridized carbons (Fsp3) is 0.444. The van der Waals surface area contributed by atoms with Crippen LogP contribution in [0.4, 0.5) is 13.6 Å². The third-order valence-corrected chi connectivity index (χ3v) is 4.54. The molecular formula is C18H22F2N6O2. The molecule has 2 atom stereocenters. The molecule has 1 N–H and O–H groups in total. The number of urea groups is 1. The lowest BCUT2D eigenvalue weighted by Gasteiger charge is -2.24. The highest BCUT2D eigenvalue weighted by Gasteiger charge is 2.35. The summed E-state index contributed by atoms with van der Waals surface area (Å²) in [5.41, 5.74) is 0.928. The Kier molecular flexibility index (Phi) is 5.86. The molecule has 8 nitrogen and oxygen atoms in total. The average molecular weight is 392 g/mol. The molecule has 2 aromatic rings. The van der Waals surface area contributed by atoms with Crippen molar-refractivity contribution in [2.45, 2.75) is 31.7 Å². The lowest BCUT2D eigenvalue weighted by atomic mass is 10.2. The number of rotatable bonds is 5. The fourth-order valence-corrected chi connectivity index (χ4v) is 3.09. The van der Waals surface area contributed by atoms with E-state index in [4.69, 9.17) is 0 Å². The highest BCUT2D eigenvalue weighted by molar-refractivity contribution is 5.91. The topological polar surface area (TPSA) is 83.4 Å². The molecule has 3 rings (SSSR count). The fourth-order valence-electron chi connectivity index (χ4n) is 3.09. The van der Waals surface area contributed by atoms with E-state index >= 15 is 0 Å². The molecule has 1 aromatic heterocycles. The van der Waals surface area contributed by atoms with Gasteiger partial charge in [-0.2, -0.15) is 0 Å². The zero-order valence-corrected chi connectivity index (χ0v) is 15.7. The summed E-state index contributed by atoms with van der Waals surface area (Å²) >= 11 is 0. The van der Waals surface area contributed by atoms with E-state index in [1.165, 1.54) is 32.8 Å². The van der Waals surface area contributed by atoms with Gasteiger partial charge in [-0.3, -0.25) is 4.79 Å². The van der Waals surface area contributed by atoms with Crippen molar-refractivity contribution >= 4 is 11.9 Å². The summed E-state index contributed by atoms with van der Waals surface area (Å²) in [7, 11) is 3.22. The van der Waals surface area contributed by atoms with Crippen molar-refractivity contribution < 1.29 is 18.4 Å². The Morgan fingerprint density at radius 3 is 2.68 bits per heavy atom. The number of amides is 3. The second-order valence-corrected chi connectivity index (χ2v) is 6.95. The van der Waals surface area contributed by atoms with Crippen LogP contribution < -0.4 is 5.32 Å². The predicted octanol–water partition coefficient (Wildman–Crippen LogP) is 1.44. The molecule has 0 aliphatic carbocycles. The smallest absolute Gasteiger partial charge is 0.318 e. The molecule has 2 heterocycles. The largest absolute Gasteiger partial charge is 0.343 e. The SMILES string of the molecule is CN(C)C(=O)c1cn(C[C@@H]2C[C@H](F)CN2C(=O)NCc2ccc(F)cc2)nn1. The molecule has 0 bridgehead atoms. The van der Waals surface area contributed by atoms with Gasteiger partial charge >= 0.3 is 6.03 Å². The van der Waals surface area contributed by atoms with E-state index < -0.39 is 18.2 Å². The van der Waals surface area contributed by atoms with Crippen LogP contribution in [0.2, 0.25) is 0 Å². The first-order valence-corrected chi connectivity index (χ1v) is 8.88. The van der Waals surface area contributed by atoms with Crippen LogP contribution in [-0.2, 0) is 13.1 Å². The molecule has 0 radical (unpaired) electrons. The van der Waals surface area contributed by atoms with Gasteiger partial charge in [0.15, 0.2) is 5.69 Å². The van der Waals surface area contributed by atoms with E-state index in [0.717, 1.165) is 5.56 Å². The van der Waals surface area contributed by atoms with Gasteiger partial charge in [-0.05, 0) is 17.7 Å². The van der Waals surface area contributed by atoms with Crippen molar-refractivity contribution in [2.24, 2.45) is 0 Å². The highest BCUT2D eigenvalue weighted by atomic mass is 19.1. The number of nitrogens with zero attached hydrogens (tertiary/aromatic N) is 5. The molecule has 1 saturated heterocycles. The van der Waals surface area contributed by atoms with E-state index in [1.54, 1.807) is 26.2 Å². The number of hydrogen-bond donors (Lipinski definition) is 1. The van der Waals surface area contributed by atoms with Crippen molar-refractivity contribution in [3.8, 4) is 0 Å². The Morgan fingerprint density at radius 1 is 1.29 bits per heavy atom. The Morgan fingerprint density at radius 2 is 2.00 bits per heavy atom. The number of alkyl halides is 1. The van der Waals surface area contributed by atoms with E-state index in [9.17, 15) is 18.4 Å². The second kappa shape index (κ2) is 8.32. The van der Waals surface area contributed by atoms with Gasteiger partial charge in [-0.1, -0.05) is 17.3 Å². The number of aromatic nitrogens is 3. The second-order valence-electron chi connectivity index (χ2n) is 6.95. The number of carbonyl (C=O) groups excluding carboxylic acids is 2. The Labute approximate surface area is 161 Å². The molecule has 3 amide bonds. The first kappa shape index (κ1) is 19.7. The molecule has 1 aliphatic heterocycles. The Hall–Kier alpha value is -3.04. The van der Waals surface area contributed by atoms with Gasteiger partial charge in [0.25, 0.3) is 5.91 Å². The summed E-state index contributed by atoms with van der Waals surface area (Å²) in [6.07, 6.45) is 0.538. The molecule has 150 valence electrons. The summed E-state index contributed by atoms with van der Waals surface area (Å²) in [6, 6.07) is 4.97. The quantitative estimate of drug-likeness (QED) is 0.835. The Bertz CT molecular complexity index is 839. The molecule has 28 heavy (non-hydrogen) atoms.